The van der Waals surface area contributed by atoms with E-state index >= 15 is 0 Å². The van der Waals surface area contributed by atoms with Gasteiger partial charge in [-0.3, -0.25) is 38.9 Å². The molecule has 0 saturated carbocycles. The van der Waals surface area contributed by atoms with E-state index in [1.807, 2.05) is 18.2 Å². The molecule has 2 aromatic heterocycles. The summed E-state index contributed by atoms with van der Waals surface area (Å²) >= 11 is 7.69. The smallest absolute Gasteiger partial charge is 0.276 e. The Kier molecular flexibility index (Phi) is 12.9. The van der Waals surface area contributed by atoms with E-state index in [1.165, 1.54) is 45.3 Å². The van der Waals surface area contributed by atoms with E-state index in [9.17, 15) is 38.0 Å². The number of hydrogen-bond acceptors (Lipinski definition) is 9. The normalized spacial score (nSPS) is 17.0. The Balaban J connectivity index is 0.794. The molecule has 3 aliphatic heterocycles. The summed E-state index contributed by atoms with van der Waals surface area (Å²) in [7, 11) is 0. The lowest BCUT2D eigenvalue weighted by molar-refractivity contribution is -0.137. The molecule has 0 spiro atoms. The average molecular weight is 895 g/mol. The molecule has 0 radical (unpaired) electrons. The van der Waals surface area contributed by atoms with Crippen LogP contribution in [0.3, 0.4) is 0 Å². The number of imide groups is 1. The molecule has 15 nitrogen and oxygen atoms in total. The summed E-state index contributed by atoms with van der Waals surface area (Å²) in [6.45, 7) is 0.879. The van der Waals surface area contributed by atoms with Crippen molar-refractivity contribution in [3.8, 4) is 0 Å². The van der Waals surface area contributed by atoms with Crippen molar-refractivity contribution >= 4 is 80.3 Å². The van der Waals surface area contributed by atoms with Crippen LogP contribution in [-0.2, 0) is 27.5 Å². The molecule has 1 fully saturated rings. The number of benzene rings is 3. The van der Waals surface area contributed by atoms with Crippen LogP contribution in [0.5, 0.6) is 0 Å². The molecule has 3 aromatic carbocycles. The van der Waals surface area contributed by atoms with Crippen LogP contribution in [0.1, 0.15) is 122 Å². The van der Waals surface area contributed by atoms with E-state index < -0.39 is 41.5 Å². The molecule has 0 aliphatic carbocycles. The first-order chi connectivity index (χ1) is 30.5. The highest BCUT2D eigenvalue weighted by Crippen LogP contribution is 2.38. The molecule has 5 aromatic rings. The summed E-state index contributed by atoms with van der Waals surface area (Å²) in [5.74, 6) is -3.26. The van der Waals surface area contributed by atoms with Crippen LogP contribution in [0, 0.1) is 5.82 Å². The molecule has 326 valence electrons. The maximum Gasteiger partial charge on any atom is 0.276 e. The van der Waals surface area contributed by atoms with Gasteiger partial charge in [0.1, 0.15) is 29.8 Å². The van der Waals surface area contributed by atoms with Crippen molar-refractivity contribution in [1.29, 1.82) is 0 Å². The van der Waals surface area contributed by atoms with Gasteiger partial charge in [0.2, 0.25) is 17.7 Å². The van der Waals surface area contributed by atoms with Crippen LogP contribution in [0.25, 0.3) is 10.1 Å². The van der Waals surface area contributed by atoms with Crippen LogP contribution < -0.4 is 26.6 Å². The molecule has 7 amide bonds. The largest absolute Gasteiger partial charge is 0.352 e. The number of nitrogens with zero attached hydrogens (tertiary/aromatic N) is 3. The second-order valence-corrected chi connectivity index (χ2v) is 17.0. The van der Waals surface area contributed by atoms with Crippen LogP contribution in [-0.4, -0.2) is 74.3 Å². The molecule has 0 bridgehead atoms. The van der Waals surface area contributed by atoms with Gasteiger partial charge in [-0.25, -0.2) is 4.39 Å². The zero-order valence-corrected chi connectivity index (χ0v) is 35.6. The maximum atomic E-state index is 14.5. The number of hydrogen-bond donors (Lipinski definition) is 5. The SMILES string of the molecule is O=C1CCC(N2Cc3cc(C(=O)NCCCCCCCCCNC(=O)c4cc(NC(=O)c5nsc6ccccc56)c5n4CC(=O)N[C@@H]5c4cc(F)ccc4Cl)ccc3C2=O)C(=O)N1. The molecular formula is C45H44ClFN8O7S. The Bertz CT molecular complexity index is 2660. The van der Waals surface area contributed by atoms with E-state index in [0.29, 0.717) is 40.9 Å². The molecular weight excluding hydrogens is 851 g/mol. The minimum atomic E-state index is -0.964. The molecule has 2 atom stereocenters. The van der Waals surface area contributed by atoms with Crippen molar-refractivity contribution in [3.05, 3.63) is 117 Å². The number of fused-ring (bicyclic) bond motifs is 3. The Morgan fingerprint density at radius 1 is 0.825 bits per heavy atom. The number of anilines is 1. The van der Waals surface area contributed by atoms with Gasteiger partial charge in [-0.05, 0) is 84.9 Å². The summed E-state index contributed by atoms with van der Waals surface area (Å²) < 4.78 is 21.2. The number of carbonyl (C=O) groups excluding carboxylic acids is 7. The van der Waals surface area contributed by atoms with Gasteiger partial charge >= 0.3 is 0 Å². The first-order valence-corrected chi connectivity index (χ1v) is 22.1. The Morgan fingerprint density at radius 3 is 2.32 bits per heavy atom. The minimum absolute atomic E-state index is 0.158. The van der Waals surface area contributed by atoms with E-state index in [-0.39, 0.29) is 71.3 Å². The van der Waals surface area contributed by atoms with Gasteiger partial charge in [0.15, 0.2) is 0 Å². The number of nitrogens with one attached hydrogen (secondary N) is 5. The number of amides is 7. The third-order valence-corrected chi connectivity index (χ3v) is 12.7. The summed E-state index contributed by atoms with van der Waals surface area (Å²) in [4.78, 5) is 91.6. The van der Waals surface area contributed by atoms with Crippen molar-refractivity contribution < 1.29 is 38.0 Å². The first-order valence-electron chi connectivity index (χ1n) is 20.9. The zero-order valence-electron chi connectivity index (χ0n) is 34.1. The highest BCUT2D eigenvalue weighted by Gasteiger charge is 2.39. The molecule has 5 N–H and O–H groups in total. The van der Waals surface area contributed by atoms with Gasteiger partial charge in [-0.15, -0.1) is 0 Å². The zero-order chi connectivity index (χ0) is 44.2. The Labute approximate surface area is 370 Å². The van der Waals surface area contributed by atoms with Crippen molar-refractivity contribution in [3.63, 3.8) is 0 Å². The van der Waals surface area contributed by atoms with E-state index in [2.05, 4.69) is 31.0 Å². The lowest BCUT2D eigenvalue weighted by Crippen LogP contribution is -2.52. The topological polar surface area (TPSA) is 201 Å². The fraction of sp³-hybridized carbons (Fsp3) is 0.333. The van der Waals surface area contributed by atoms with E-state index in [4.69, 9.17) is 11.6 Å². The highest BCUT2D eigenvalue weighted by molar-refractivity contribution is 7.13. The fourth-order valence-electron chi connectivity index (χ4n) is 8.39. The summed E-state index contributed by atoms with van der Waals surface area (Å²) in [6, 6.07) is 15.9. The third kappa shape index (κ3) is 9.34. The Morgan fingerprint density at radius 2 is 1.56 bits per heavy atom. The standard InChI is InChI=1S/C45H44ClFN8O7S/c46-31-15-13-27(47)21-30(31)38-40-32(50-44(61)39-29-10-6-7-11-35(29)63-53-39)22-34(54(40)24-37(57)51-38)42(59)49-19-9-5-3-1-2-4-8-18-48-41(58)25-12-14-28-26(20-25)23-55(45(28)62)33-16-17-36(56)52-43(33)60/h6-7,10-15,20-22,33,38H,1-5,8-9,16-19,23-24H2,(H,48,58)(H,49,59)(H,50,61)(H,51,57)(H,52,56,60)/t33?,38-/m1/s1. The third-order valence-electron chi connectivity index (χ3n) is 11.6. The van der Waals surface area contributed by atoms with Crippen molar-refractivity contribution in [2.45, 2.75) is 83.0 Å². The second kappa shape index (κ2) is 18.9. The van der Waals surface area contributed by atoms with Gasteiger partial charge in [-0.1, -0.05) is 61.9 Å². The minimum Gasteiger partial charge on any atom is -0.352 e. The lowest BCUT2D eigenvalue weighted by atomic mass is 10.0. The molecule has 63 heavy (non-hydrogen) atoms. The quantitative estimate of drug-likeness (QED) is 0.0586. The predicted molar refractivity (Wildman–Crippen MR) is 233 cm³/mol. The summed E-state index contributed by atoms with van der Waals surface area (Å²) in [5.41, 5.74) is 2.84. The second-order valence-electron chi connectivity index (χ2n) is 15.8. The van der Waals surface area contributed by atoms with Crippen molar-refractivity contribution in [2.75, 3.05) is 18.4 Å². The molecule has 1 unspecified atom stereocenters. The molecule has 5 heterocycles. The molecule has 3 aliphatic rings. The van der Waals surface area contributed by atoms with Crippen molar-refractivity contribution in [1.82, 2.24) is 35.1 Å². The van der Waals surface area contributed by atoms with Crippen LogP contribution in [0.2, 0.25) is 5.02 Å². The number of aromatic nitrogens is 2. The number of halogens is 2. The van der Waals surface area contributed by atoms with Crippen molar-refractivity contribution in [2.24, 2.45) is 0 Å². The Hall–Kier alpha value is -6.46. The number of unbranched alkanes of at least 4 members (excludes halogenated alkanes) is 6. The van der Waals surface area contributed by atoms with Gasteiger partial charge in [0.05, 0.1) is 22.1 Å². The molecule has 8 rings (SSSR count). The van der Waals surface area contributed by atoms with Gasteiger partial charge in [0.25, 0.3) is 23.6 Å². The average Bonchev–Trinajstić information content (AvgIpc) is 3.96. The monoisotopic (exact) mass is 894 g/mol. The first kappa shape index (κ1) is 43.2. The molecule has 18 heteroatoms. The lowest BCUT2D eigenvalue weighted by Gasteiger charge is -2.29. The number of carbonyl (C=O) groups is 7. The number of rotatable bonds is 16. The van der Waals surface area contributed by atoms with Crippen LogP contribution in [0.15, 0.2) is 66.7 Å². The van der Waals surface area contributed by atoms with E-state index in [1.54, 1.807) is 24.3 Å². The molecule has 1 saturated heterocycles. The predicted octanol–water partition coefficient (Wildman–Crippen LogP) is 6.01. The maximum absolute atomic E-state index is 14.5. The number of piperidine rings is 1. The van der Waals surface area contributed by atoms with Crippen LogP contribution in [0.4, 0.5) is 10.1 Å². The van der Waals surface area contributed by atoms with Gasteiger partial charge < -0.3 is 30.7 Å². The van der Waals surface area contributed by atoms with E-state index in [0.717, 1.165) is 49.6 Å². The fourth-order valence-corrected chi connectivity index (χ4v) is 9.39. The highest BCUT2D eigenvalue weighted by atomic mass is 35.5. The van der Waals surface area contributed by atoms with Gasteiger partial charge in [0, 0.05) is 53.2 Å². The summed E-state index contributed by atoms with van der Waals surface area (Å²) in [5, 5.41) is 14.8. The van der Waals surface area contributed by atoms with Crippen LogP contribution >= 0.6 is 23.1 Å². The summed E-state index contributed by atoms with van der Waals surface area (Å²) in [6.07, 6.45) is 6.65. The van der Waals surface area contributed by atoms with Gasteiger partial charge in [-0.2, -0.15) is 4.37 Å².